The van der Waals surface area contributed by atoms with E-state index < -0.39 is 11.7 Å². The van der Waals surface area contributed by atoms with Crippen LogP contribution in [0.2, 0.25) is 0 Å². The van der Waals surface area contributed by atoms with Gasteiger partial charge < -0.3 is 10.6 Å². The van der Waals surface area contributed by atoms with Crippen molar-refractivity contribution < 1.29 is 9.18 Å². The Morgan fingerprint density at radius 2 is 2.21 bits per heavy atom. The summed E-state index contributed by atoms with van der Waals surface area (Å²) >= 11 is 0. The summed E-state index contributed by atoms with van der Waals surface area (Å²) in [4.78, 5) is 13.4. The molecule has 1 fully saturated rings. The van der Waals surface area contributed by atoms with Gasteiger partial charge in [0.15, 0.2) is 0 Å². The van der Waals surface area contributed by atoms with Crippen molar-refractivity contribution >= 4 is 5.91 Å². The SMILES string of the molecule is CC1CCCN1C(=O)C(N)C(C)(C)F. The number of hydrogen-bond donors (Lipinski definition) is 1. The third-order valence-electron chi connectivity index (χ3n) is 2.84. The molecule has 1 amide bonds. The fourth-order valence-electron chi connectivity index (χ4n) is 1.73. The minimum absolute atomic E-state index is 0.205. The van der Waals surface area contributed by atoms with E-state index in [0.717, 1.165) is 12.8 Å². The first-order valence-corrected chi connectivity index (χ1v) is 5.09. The zero-order valence-corrected chi connectivity index (χ0v) is 9.09. The van der Waals surface area contributed by atoms with Gasteiger partial charge in [0, 0.05) is 12.6 Å². The minimum Gasteiger partial charge on any atom is -0.339 e. The number of likely N-dealkylation sites (tertiary alicyclic amines) is 1. The van der Waals surface area contributed by atoms with Crippen LogP contribution in [-0.2, 0) is 4.79 Å². The number of alkyl halides is 1. The molecule has 0 aromatic heterocycles. The van der Waals surface area contributed by atoms with E-state index in [9.17, 15) is 9.18 Å². The summed E-state index contributed by atoms with van der Waals surface area (Å²) in [5, 5.41) is 0. The van der Waals surface area contributed by atoms with Gasteiger partial charge in [-0.2, -0.15) is 0 Å². The highest BCUT2D eigenvalue weighted by atomic mass is 19.1. The lowest BCUT2D eigenvalue weighted by Crippen LogP contribution is -2.53. The molecule has 0 aromatic rings. The molecule has 0 aliphatic carbocycles. The van der Waals surface area contributed by atoms with Crippen LogP contribution in [0, 0.1) is 0 Å². The number of hydrogen-bond acceptors (Lipinski definition) is 2. The fourth-order valence-corrected chi connectivity index (χ4v) is 1.73. The van der Waals surface area contributed by atoms with Gasteiger partial charge in [0.2, 0.25) is 5.91 Å². The summed E-state index contributed by atoms with van der Waals surface area (Å²) < 4.78 is 13.4. The lowest BCUT2D eigenvalue weighted by Gasteiger charge is -2.29. The van der Waals surface area contributed by atoms with Crippen LogP contribution in [0.25, 0.3) is 0 Å². The maximum Gasteiger partial charge on any atom is 0.243 e. The molecule has 3 nitrogen and oxygen atoms in total. The smallest absolute Gasteiger partial charge is 0.243 e. The quantitative estimate of drug-likeness (QED) is 0.728. The van der Waals surface area contributed by atoms with E-state index in [4.69, 9.17) is 5.73 Å². The molecule has 2 N–H and O–H groups in total. The number of carbonyl (C=O) groups is 1. The van der Waals surface area contributed by atoms with Crippen LogP contribution in [-0.4, -0.2) is 35.1 Å². The monoisotopic (exact) mass is 202 g/mol. The van der Waals surface area contributed by atoms with Crippen LogP contribution in [0.5, 0.6) is 0 Å². The first-order valence-electron chi connectivity index (χ1n) is 5.09. The standard InChI is InChI=1S/C10H19FN2O/c1-7-5-4-6-13(7)9(14)8(12)10(2,3)11/h7-8H,4-6,12H2,1-3H3. The van der Waals surface area contributed by atoms with Crippen molar-refractivity contribution in [3.63, 3.8) is 0 Å². The predicted molar refractivity (Wildman–Crippen MR) is 53.6 cm³/mol. The summed E-state index contributed by atoms with van der Waals surface area (Å²) in [6.45, 7) is 5.37. The molecule has 1 rings (SSSR count). The summed E-state index contributed by atoms with van der Waals surface area (Å²) in [5.74, 6) is -0.262. The van der Waals surface area contributed by atoms with Gasteiger partial charge in [-0.3, -0.25) is 4.79 Å². The highest BCUT2D eigenvalue weighted by molar-refractivity contribution is 5.83. The van der Waals surface area contributed by atoms with E-state index in [1.54, 1.807) is 4.90 Å². The number of rotatable bonds is 2. The maximum absolute atomic E-state index is 13.4. The van der Waals surface area contributed by atoms with Crippen molar-refractivity contribution in [2.75, 3.05) is 6.54 Å². The van der Waals surface area contributed by atoms with Crippen molar-refractivity contribution in [2.45, 2.75) is 51.4 Å². The van der Waals surface area contributed by atoms with Gasteiger partial charge in [0.05, 0.1) is 0 Å². The van der Waals surface area contributed by atoms with Crippen LogP contribution >= 0.6 is 0 Å². The van der Waals surface area contributed by atoms with Crippen molar-refractivity contribution in [3.8, 4) is 0 Å². The summed E-state index contributed by atoms with van der Waals surface area (Å²) in [6.07, 6.45) is 1.98. The average molecular weight is 202 g/mol. The van der Waals surface area contributed by atoms with E-state index >= 15 is 0 Å². The van der Waals surface area contributed by atoms with Crippen LogP contribution in [0.4, 0.5) is 4.39 Å². The van der Waals surface area contributed by atoms with Gasteiger partial charge in [0.25, 0.3) is 0 Å². The Labute approximate surface area is 84.4 Å². The highest BCUT2D eigenvalue weighted by Crippen LogP contribution is 2.21. The van der Waals surface area contributed by atoms with Crippen LogP contribution in [0.3, 0.4) is 0 Å². The average Bonchev–Trinajstić information content (AvgIpc) is 2.47. The topological polar surface area (TPSA) is 46.3 Å². The number of halogens is 1. The zero-order valence-electron chi connectivity index (χ0n) is 9.09. The van der Waals surface area contributed by atoms with E-state index in [1.165, 1.54) is 13.8 Å². The molecule has 2 atom stereocenters. The third-order valence-corrected chi connectivity index (χ3v) is 2.84. The number of nitrogens with two attached hydrogens (primary N) is 1. The molecule has 1 aliphatic rings. The fraction of sp³-hybridized carbons (Fsp3) is 0.900. The largest absolute Gasteiger partial charge is 0.339 e. The first kappa shape index (κ1) is 11.4. The van der Waals surface area contributed by atoms with Gasteiger partial charge in [-0.1, -0.05) is 0 Å². The van der Waals surface area contributed by atoms with Crippen molar-refractivity contribution in [1.82, 2.24) is 4.90 Å². The number of carbonyl (C=O) groups excluding carboxylic acids is 1. The first-order chi connectivity index (χ1) is 6.34. The molecule has 0 spiro atoms. The Hall–Kier alpha value is -0.640. The Balaban J connectivity index is 2.65. The molecule has 0 radical (unpaired) electrons. The molecule has 2 unspecified atom stereocenters. The Morgan fingerprint density at radius 1 is 1.64 bits per heavy atom. The molecule has 82 valence electrons. The van der Waals surface area contributed by atoms with E-state index in [1.807, 2.05) is 6.92 Å². The van der Waals surface area contributed by atoms with Crippen molar-refractivity contribution in [3.05, 3.63) is 0 Å². The zero-order chi connectivity index (χ0) is 10.9. The van der Waals surface area contributed by atoms with Gasteiger partial charge in [-0.25, -0.2) is 4.39 Å². The molecule has 0 saturated carbocycles. The molecule has 1 aliphatic heterocycles. The van der Waals surface area contributed by atoms with Crippen LogP contribution in [0.1, 0.15) is 33.6 Å². The summed E-state index contributed by atoms with van der Waals surface area (Å²) in [6, 6.07) is -0.834. The number of amides is 1. The minimum atomic E-state index is -1.64. The van der Waals surface area contributed by atoms with Gasteiger partial charge in [-0.15, -0.1) is 0 Å². The molecular formula is C10H19FN2O. The van der Waals surface area contributed by atoms with Crippen molar-refractivity contribution in [1.29, 1.82) is 0 Å². The second kappa shape index (κ2) is 3.85. The van der Waals surface area contributed by atoms with Crippen molar-refractivity contribution in [2.24, 2.45) is 5.73 Å². The van der Waals surface area contributed by atoms with Crippen LogP contribution < -0.4 is 5.73 Å². The summed E-state index contributed by atoms with van der Waals surface area (Å²) in [7, 11) is 0. The third kappa shape index (κ3) is 2.23. The Morgan fingerprint density at radius 3 is 2.57 bits per heavy atom. The molecule has 0 bridgehead atoms. The molecule has 4 heteroatoms. The molecule has 14 heavy (non-hydrogen) atoms. The Bertz CT molecular complexity index is 221. The number of nitrogens with zero attached hydrogens (tertiary/aromatic N) is 1. The predicted octanol–water partition coefficient (Wildman–Crippen LogP) is 1.07. The molecular weight excluding hydrogens is 183 g/mol. The molecule has 1 heterocycles. The lowest BCUT2D eigenvalue weighted by molar-refractivity contribution is -0.136. The van der Waals surface area contributed by atoms with Gasteiger partial charge in [0.1, 0.15) is 11.7 Å². The Kier molecular flexibility index (Phi) is 3.14. The molecule has 0 aromatic carbocycles. The summed E-state index contributed by atoms with van der Waals surface area (Å²) in [5.41, 5.74) is 3.93. The maximum atomic E-state index is 13.4. The second-order valence-corrected chi connectivity index (χ2v) is 4.56. The van der Waals surface area contributed by atoms with E-state index in [-0.39, 0.29) is 11.9 Å². The van der Waals surface area contributed by atoms with Gasteiger partial charge in [-0.05, 0) is 33.6 Å². The molecule has 1 saturated heterocycles. The van der Waals surface area contributed by atoms with Crippen LogP contribution in [0.15, 0.2) is 0 Å². The highest BCUT2D eigenvalue weighted by Gasteiger charge is 2.37. The van der Waals surface area contributed by atoms with Gasteiger partial charge >= 0.3 is 0 Å². The second-order valence-electron chi connectivity index (χ2n) is 4.56. The van der Waals surface area contributed by atoms with E-state index in [0.29, 0.717) is 6.54 Å². The lowest BCUT2D eigenvalue weighted by atomic mass is 10.0. The van der Waals surface area contributed by atoms with E-state index in [2.05, 4.69) is 0 Å². The normalized spacial score (nSPS) is 25.2.